The predicted octanol–water partition coefficient (Wildman–Crippen LogP) is 1.45. The first-order valence-electron chi connectivity index (χ1n) is 4.61. The van der Waals surface area contributed by atoms with Crippen LogP contribution >= 0.6 is 0 Å². The van der Waals surface area contributed by atoms with Gasteiger partial charge in [0, 0.05) is 19.2 Å². The molecule has 0 bridgehead atoms. The van der Waals surface area contributed by atoms with E-state index in [0.29, 0.717) is 19.6 Å². The quantitative estimate of drug-likeness (QED) is 0.643. The van der Waals surface area contributed by atoms with Gasteiger partial charge in [0.1, 0.15) is 6.17 Å². The van der Waals surface area contributed by atoms with Gasteiger partial charge in [0.05, 0.1) is 6.10 Å². The first-order valence-corrected chi connectivity index (χ1v) is 4.61. The van der Waals surface area contributed by atoms with E-state index in [2.05, 4.69) is 0 Å². The minimum Gasteiger partial charge on any atom is -0.377 e. The number of alkyl halides is 1. The largest absolute Gasteiger partial charge is 0.377 e. The van der Waals surface area contributed by atoms with Crippen molar-refractivity contribution < 1.29 is 9.13 Å². The highest BCUT2D eigenvalue weighted by molar-refractivity contribution is 4.86. The van der Waals surface area contributed by atoms with Crippen LogP contribution in [0.25, 0.3) is 0 Å². The normalized spacial score (nSPS) is 34.0. The summed E-state index contributed by atoms with van der Waals surface area (Å²) in [6, 6.07) is 0.264. The molecular weight excluding hydrogens is 157 g/mol. The average Bonchev–Trinajstić information content (AvgIpc) is 2.30. The van der Waals surface area contributed by atoms with Crippen LogP contribution in [-0.4, -0.2) is 43.4 Å². The lowest BCUT2D eigenvalue weighted by Crippen LogP contribution is -2.36. The Morgan fingerprint density at radius 1 is 1.67 bits per heavy atom. The zero-order valence-electron chi connectivity index (χ0n) is 8.09. The first-order chi connectivity index (χ1) is 5.65. The Kier molecular flexibility index (Phi) is 3.47. The SMILES string of the molecule is CCOC(C)[C@@H]1C[C@@H](F)CN1C. The van der Waals surface area contributed by atoms with Crippen molar-refractivity contribution in [3.8, 4) is 0 Å². The minimum absolute atomic E-state index is 0.153. The zero-order valence-corrected chi connectivity index (χ0v) is 8.09. The van der Waals surface area contributed by atoms with Gasteiger partial charge >= 0.3 is 0 Å². The van der Waals surface area contributed by atoms with E-state index in [9.17, 15) is 4.39 Å². The van der Waals surface area contributed by atoms with Gasteiger partial charge < -0.3 is 4.74 Å². The van der Waals surface area contributed by atoms with Crippen LogP contribution in [-0.2, 0) is 4.74 Å². The molecule has 0 aromatic rings. The van der Waals surface area contributed by atoms with Crippen LogP contribution in [0, 0.1) is 0 Å². The maximum Gasteiger partial charge on any atom is 0.114 e. The monoisotopic (exact) mass is 175 g/mol. The molecule has 0 aromatic carbocycles. The summed E-state index contributed by atoms with van der Waals surface area (Å²) in [5.74, 6) is 0. The number of hydrogen-bond donors (Lipinski definition) is 0. The van der Waals surface area contributed by atoms with E-state index >= 15 is 0 Å². The molecule has 2 nitrogen and oxygen atoms in total. The molecule has 1 fully saturated rings. The molecule has 3 heteroatoms. The lowest BCUT2D eigenvalue weighted by Gasteiger charge is -2.25. The maximum atomic E-state index is 12.9. The summed E-state index contributed by atoms with van der Waals surface area (Å²) >= 11 is 0. The predicted molar refractivity (Wildman–Crippen MR) is 47.0 cm³/mol. The van der Waals surface area contributed by atoms with E-state index in [0.717, 1.165) is 0 Å². The fourth-order valence-corrected chi connectivity index (χ4v) is 1.89. The minimum atomic E-state index is -0.664. The van der Waals surface area contributed by atoms with Crippen LogP contribution in [0.2, 0.25) is 0 Å². The third-order valence-electron chi connectivity index (χ3n) is 2.52. The van der Waals surface area contributed by atoms with Crippen LogP contribution in [0.3, 0.4) is 0 Å². The van der Waals surface area contributed by atoms with Gasteiger partial charge in [-0.3, -0.25) is 4.90 Å². The Morgan fingerprint density at radius 2 is 2.33 bits per heavy atom. The first kappa shape index (κ1) is 9.93. The summed E-state index contributed by atoms with van der Waals surface area (Å²) in [6.45, 7) is 5.26. The Morgan fingerprint density at radius 3 is 2.75 bits per heavy atom. The summed E-state index contributed by atoms with van der Waals surface area (Å²) in [6.07, 6.45) is 0.112. The second kappa shape index (κ2) is 4.19. The molecule has 1 unspecified atom stereocenters. The summed E-state index contributed by atoms with van der Waals surface area (Å²) in [5, 5.41) is 0. The molecule has 0 spiro atoms. The van der Waals surface area contributed by atoms with E-state index in [1.165, 1.54) is 0 Å². The van der Waals surface area contributed by atoms with Crippen LogP contribution in [0.15, 0.2) is 0 Å². The van der Waals surface area contributed by atoms with Crippen molar-refractivity contribution in [2.24, 2.45) is 0 Å². The van der Waals surface area contributed by atoms with Gasteiger partial charge in [0.15, 0.2) is 0 Å². The molecule has 1 aliphatic heterocycles. The molecule has 1 rings (SSSR count). The Balaban J connectivity index is 2.40. The molecule has 1 aliphatic rings. The molecule has 3 atom stereocenters. The second-order valence-corrected chi connectivity index (χ2v) is 3.50. The Bertz CT molecular complexity index is 142. The second-order valence-electron chi connectivity index (χ2n) is 3.50. The lowest BCUT2D eigenvalue weighted by atomic mass is 10.1. The van der Waals surface area contributed by atoms with E-state index in [-0.39, 0.29) is 12.1 Å². The van der Waals surface area contributed by atoms with Gasteiger partial charge in [-0.2, -0.15) is 0 Å². The fraction of sp³-hybridized carbons (Fsp3) is 1.00. The van der Waals surface area contributed by atoms with Gasteiger partial charge in [0.25, 0.3) is 0 Å². The van der Waals surface area contributed by atoms with Crippen molar-refractivity contribution in [2.45, 2.75) is 38.6 Å². The summed E-state index contributed by atoms with van der Waals surface area (Å²) < 4.78 is 18.4. The van der Waals surface area contributed by atoms with Gasteiger partial charge in [0.2, 0.25) is 0 Å². The van der Waals surface area contributed by atoms with E-state index in [1.807, 2.05) is 25.8 Å². The standard InChI is InChI=1S/C9H18FNO/c1-4-12-7(2)9-5-8(10)6-11(9)3/h7-9H,4-6H2,1-3H3/t7?,8-,9+/m1/s1. The van der Waals surface area contributed by atoms with Crippen LogP contribution < -0.4 is 0 Å². The number of nitrogens with zero attached hydrogens (tertiary/aromatic N) is 1. The molecular formula is C9H18FNO. The van der Waals surface area contributed by atoms with Gasteiger partial charge in [-0.25, -0.2) is 4.39 Å². The number of likely N-dealkylation sites (N-methyl/N-ethyl adjacent to an activating group) is 1. The van der Waals surface area contributed by atoms with Gasteiger partial charge in [-0.15, -0.1) is 0 Å². The van der Waals surface area contributed by atoms with Crippen LogP contribution in [0.5, 0.6) is 0 Å². The highest BCUT2D eigenvalue weighted by Gasteiger charge is 2.33. The third-order valence-corrected chi connectivity index (χ3v) is 2.52. The van der Waals surface area contributed by atoms with E-state index < -0.39 is 6.17 Å². The van der Waals surface area contributed by atoms with Crippen molar-refractivity contribution >= 4 is 0 Å². The summed E-state index contributed by atoms with van der Waals surface area (Å²) in [5.41, 5.74) is 0. The number of halogens is 1. The van der Waals surface area contributed by atoms with Crippen molar-refractivity contribution in [3.63, 3.8) is 0 Å². The highest BCUT2D eigenvalue weighted by Crippen LogP contribution is 2.22. The molecule has 0 N–H and O–H groups in total. The van der Waals surface area contributed by atoms with Gasteiger partial charge in [-0.1, -0.05) is 0 Å². The molecule has 12 heavy (non-hydrogen) atoms. The Hall–Kier alpha value is -0.150. The molecule has 0 amide bonds. The highest BCUT2D eigenvalue weighted by atomic mass is 19.1. The topological polar surface area (TPSA) is 12.5 Å². The lowest BCUT2D eigenvalue weighted by molar-refractivity contribution is 0.0234. The maximum absolute atomic E-state index is 12.9. The molecule has 0 radical (unpaired) electrons. The smallest absolute Gasteiger partial charge is 0.114 e. The Labute approximate surface area is 73.7 Å². The molecule has 1 saturated heterocycles. The number of ether oxygens (including phenoxy) is 1. The number of likely N-dealkylation sites (tertiary alicyclic amines) is 1. The van der Waals surface area contributed by atoms with E-state index in [1.54, 1.807) is 0 Å². The van der Waals surface area contributed by atoms with Crippen LogP contribution in [0.4, 0.5) is 4.39 Å². The molecule has 0 saturated carbocycles. The fourth-order valence-electron chi connectivity index (χ4n) is 1.89. The summed E-state index contributed by atoms with van der Waals surface area (Å²) in [4.78, 5) is 2.05. The van der Waals surface area contributed by atoms with Crippen molar-refractivity contribution in [1.82, 2.24) is 4.90 Å². The van der Waals surface area contributed by atoms with E-state index in [4.69, 9.17) is 4.74 Å². The van der Waals surface area contributed by atoms with Crippen LogP contribution in [0.1, 0.15) is 20.3 Å². The molecule has 72 valence electrons. The zero-order chi connectivity index (χ0) is 9.14. The molecule has 1 heterocycles. The van der Waals surface area contributed by atoms with Crippen molar-refractivity contribution in [1.29, 1.82) is 0 Å². The molecule has 0 aliphatic carbocycles. The van der Waals surface area contributed by atoms with Crippen molar-refractivity contribution in [3.05, 3.63) is 0 Å². The number of hydrogen-bond acceptors (Lipinski definition) is 2. The molecule has 0 aromatic heterocycles. The third kappa shape index (κ3) is 2.17. The summed E-state index contributed by atoms with van der Waals surface area (Å²) in [7, 11) is 1.96. The number of rotatable bonds is 3. The average molecular weight is 175 g/mol. The van der Waals surface area contributed by atoms with Crippen molar-refractivity contribution in [2.75, 3.05) is 20.2 Å². The van der Waals surface area contributed by atoms with Gasteiger partial charge in [-0.05, 0) is 27.3 Å².